The fourth-order valence-electron chi connectivity index (χ4n) is 2.51. The number of para-hydroxylation sites is 1. The standard InChI is InChI=1S/C15H18N2O/c1-10-6-15(18-12-7-11(8-12)9-16)13-4-2-3-5-14(13)17-10/h2-6,11-12H,7-9,16H2,1H3. The Balaban J connectivity index is 1.87. The first-order chi connectivity index (χ1) is 8.76. The van der Waals surface area contributed by atoms with Crippen LogP contribution in [0.5, 0.6) is 5.75 Å². The zero-order chi connectivity index (χ0) is 12.5. The third-order valence-corrected chi connectivity index (χ3v) is 3.63. The van der Waals surface area contributed by atoms with E-state index >= 15 is 0 Å². The van der Waals surface area contributed by atoms with E-state index < -0.39 is 0 Å². The first-order valence-corrected chi connectivity index (χ1v) is 6.49. The van der Waals surface area contributed by atoms with E-state index in [-0.39, 0.29) is 0 Å². The highest BCUT2D eigenvalue weighted by atomic mass is 16.5. The number of fused-ring (bicyclic) bond motifs is 1. The lowest BCUT2D eigenvalue weighted by Gasteiger charge is -2.34. The Morgan fingerprint density at radius 3 is 2.89 bits per heavy atom. The van der Waals surface area contributed by atoms with Gasteiger partial charge in [0.2, 0.25) is 0 Å². The molecule has 3 heteroatoms. The summed E-state index contributed by atoms with van der Waals surface area (Å²) in [7, 11) is 0. The number of ether oxygens (including phenoxy) is 1. The predicted octanol–water partition coefficient (Wildman–Crippen LogP) is 2.66. The van der Waals surface area contributed by atoms with Gasteiger partial charge in [-0.1, -0.05) is 12.1 Å². The molecule has 1 fully saturated rings. The summed E-state index contributed by atoms with van der Waals surface area (Å²) in [5.74, 6) is 1.60. The van der Waals surface area contributed by atoms with Gasteiger partial charge in [0.15, 0.2) is 0 Å². The molecule has 3 rings (SSSR count). The SMILES string of the molecule is Cc1cc(OC2CC(CN)C2)c2ccccc2n1. The molecule has 0 bridgehead atoms. The summed E-state index contributed by atoms with van der Waals surface area (Å²) in [6.45, 7) is 2.78. The van der Waals surface area contributed by atoms with Gasteiger partial charge in [0.25, 0.3) is 0 Å². The number of benzene rings is 1. The maximum absolute atomic E-state index is 6.08. The summed E-state index contributed by atoms with van der Waals surface area (Å²) in [6.07, 6.45) is 2.47. The van der Waals surface area contributed by atoms with E-state index in [0.29, 0.717) is 12.0 Å². The van der Waals surface area contributed by atoms with Crippen LogP contribution in [-0.4, -0.2) is 17.6 Å². The molecule has 94 valence electrons. The van der Waals surface area contributed by atoms with E-state index in [2.05, 4.69) is 11.1 Å². The molecular formula is C15H18N2O. The van der Waals surface area contributed by atoms with Gasteiger partial charge >= 0.3 is 0 Å². The number of nitrogens with two attached hydrogens (primary N) is 1. The minimum atomic E-state index is 0.323. The lowest BCUT2D eigenvalue weighted by atomic mass is 9.82. The largest absolute Gasteiger partial charge is 0.490 e. The van der Waals surface area contributed by atoms with Crippen LogP contribution in [0.2, 0.25) is 0 Å². The number of nitrogens with zero attached hydrogens (tertiary/aromatic N) is 1. The first kappa shape index (κ1) is 11.5. The van der Waals surface area contributed by atoms with Crippen molar-refractivity contribution in [1.29, 1.82) is 0 Å². The summed E-state index contributed by atoms with van der Waals surface area (Å²) < 4.78 is 6.08. The second-order valence-electron chi connectivity index (χ2n) is 5.09. The van der Waals surface area contributed by atoms with Crippen LogP contribution in [0.25, 0.3) is 10.9 Å². The second-order valence-corrected chi connectivity index (χ2v) is 5.09. The Kier molecular flexibility index (Phi) is 2.92. The van der Waals surface area contributed by atoms with Crippen molar-refractivity contribution in [3.05, 3.63) is 36.0 Å². The van der Waals surface area contributed by atoms with Crippen LogP contribution in [-0.2, 0) is 0 Å². The van der Waals surface area contributed by atoms with E-state index in [1.165, 1.54) is 0 Å². The van der Waals surface area contributed by atoms with Crippen LogP contribution in [0.4, 0.5) is 0 Å². The van der Waals surface area contributed by atoms with E-state index in [9.17, 15) is 0 Å². The van der Waals surface area contributed by atoms with Gasteiger partial charge in [0.1, 0.15) is 5.75 Å². The van der Waals surface area contributed by atoms with Gasteiger partial charge in [-0.05, 0) is 44.4 Å². The fourth-order valence-corrected chi connectivity index (χ4v) is 2.51. The summed E-state index contributed by atoms with van der Waals surface area (Å²) in [4.78, 5) is 4.52. The third-order valence-electron chi connectivity index (χ3n) is 3.63. The molecule has 1 aliphatic rings. The molecule has 1 saturated carbocycles. The fraction of sp³-hybridized carbons (Fsp3) is 0.400. The summed E-state index contributed by atoms with van der Waals surface area (Å²) in [6, 6.07) is 10.1. The van der Waals surface area contributed by atoms with Gasteiger partial charge in [0, 0.05) is 17.1 Å². The van der Waals surface area contributed by atoms with Crippen LogP contribution < -0.4 is 10.5 Å². The van der Waals surface area contributed by atoms with Crippen molar-refractivity contribution in [2.45, 2.75) is 25.9 Å². The van der Waals surface area contributed by atoms with Crippen molar-refractivity contribution in [1.82, 2.24) is 4.98 Å². The second kappa shape index (κ2) is 4.58. The molecule has 2 N–H and O–H groups in total. The van der Waals surface area contributed by atoms with Crippen molar-refractivity contribution in [2.75, 3.05) is 6.54 Å². The molecule has 1 aromatic heterocycles. The maximum Gasteiger partial charge on any atom is 0.130 e. The smallest absolute Gasteiger partial charge is 0.130 e. The highest BCUT2D eigenvalue weighted by Crippen LogP contribution is 2.33. The zero-order valence-electron chi connectivity index (χ0n) is 10.6. The molecule has 1 aliphatic carbocycles. The molecule has 0 unspecified atom stereocenters. The highest BCUT2D eigenvalue weighted by molar-refractivity contribution is 5.85. The molecule has 18 heavy (non-hydrogen) atoms. The lowest BCUT2D eigenvalue weighted by molar-refractivity contribution is 0.0703. The van der Waals surface area contributed by atoms with E-state index in [0.717, 1.165) is 41.7 Å². The number of hydrogen-bond acceptors (Lipinski definition) is 3. The van der Waals surface area contributed by atoms with Crippen LogP contribution in [0.1, 0.15) is 18.5 Å². The Bertz CT molecular complexity index is 561. The maximum atomic E-state index is 6.08. The number of aryl methyl sites for hydroxylation is 1. The topological polar surface area (TPSA) is 48.1 Å². The molecule has 0 saturated heterocycles. The normalized spacial score (nSPS) is 22.8. The molecule has 0 aliphatic heterocycles. The van der Waals surface area contributed by atoms with Gasteiger partial charge in [-0.2, -0.15) is 0 Å². The van der Waals surface area contributed by atoms with Gasteiger partial charge in [-0.15, -0.1) is 0 Å². The lowest BCUT2D eigenvalue weighted by Crippen LogP contribution is -2.37. The van der Waals surface area contributed by atoms with Crippen molar-refractivity contribution in [2.24, 2.45) is 11.7 Å². The Morgan fingerprint density at radius 2 is 2.11 bits per heavy atom. The molecule has 1 heterocycles. The third kappa shape index (κ3) is 2.06. The summed E-state index contributed by atoms with van der Waals surface area (Å²) >= 11 is 0. The average Bonchev–Trinajstić information content (AvgIpc) is 2.32. The Labute approximate surface area is 107 Å². The van der Waals surface area contributed by atoms with Crippen LogP contribution in [0.3, 0.4) is 0 Å². The minimum Gasteiger partial charge on any atom is -0.490 e. The number of pyridine rings is 1. The quantitative estimate of drug-likeness (QED) is 0.900. The molecule has 0 spiro atoms. The summed E-state index contributed by atoms with van der Waals surface area (Å²) in [5.41, 5.74) is 7.64. The summed E-state index contributed by atoms with van der Waals surface area (Å²) in [5, 5.41) is 1.10. The van der Waals surface area contributed by atoms with Crippen molar-refractivity contribution >= 4 is 10.9 Å². The molecule has 2 aromatic rings. The van der Waals surface area contributed by atoms with Gasteiger partial charge in [-0.25, -0.2) is 0 Å². The zero-order valence-corrected chi connectivity index (χ0v) is 10.6. The number of aromatic nitrogens is 1. The Morgan fingerprint density at radius 1 is 1.33 bits per heavy atom. The number of rotatable bonds is 3. The number of hydrogen-bond donors (Lipinski definition) is 1. The van der Waals surface area contributed by atoms with E-state index in [1.807, 2.05) is 31.2 Å². The molecule has 1 aromatic carbocycles. The predicted molar refractivity (Wildman–Crippen MR) is 72.7 cm³/mol. The van der Waals surface area contributed by atoms with Crippen LogP contribution in [0.15, 0.2) is 30.3 Å². The first-order valence-electron chi connectivity index (χ1n) is 6.49. The van der Waals surface area contributed by atoms with Gasteiger partial charge < -0.3 is 10.5 Å². The van der Waals surface area contributed by atoms with Crippen molar-refractivity contribution < 1.29 is 4.74 Å². The van der Waals surface area contributed by atoms with Crippen LogP contribution in [0, 0.1) is 12.8 Å². The molecule has 3 nitrogen and oxygen atoms in total. The van der Waals surface area contributed by atoms with Crippen molar-refractivity contribution in [3.63, 3.8) is 0 Å². The highest BCUT2D eigenvalue weighted by Gasteiger charge is 2.29. The molecule has 0 radical (unpaired) electrons. The monoisotopic (exact) mass is 242 g/mol. The van der Waals surface area contributed by atoms with Crippen molar-refractivity contribution in [3.8, 4) is 5.75 Å². The average molecular weight is 242 g/mol. The van der Waals surface area contributed by atoms with E-state index in [4.69, 9.17) is 10.5 Å². The van der Waals surface area contributed by atoms with Gasteiger partial charge in [-0.3, -0.25) is 4.98 Å². The minimum absolute atomic E-state index is 0.323. The molecule has 0 amide bonds. The van der Waals surface area contributed by atoms with E-state index in [1.54, 1.807) is 0 Å². The Hall–Kier alpha value is -1.61. The molecular weight excluding hydrogens is 224 g/mol. The van der Waals surface area contributed by atoms with Crippen LogP contribution >= 0.6 is 0 Å². The van der Waals surface area contributed by atoms with Gasteiger partial charge in [0.05, 0.1) is 11.6 Å². The molecule has 0 atom stereocenters.